The van der Waals surface area contributed by atoms with Gasteiger partial charge in [-0.3, -0.25) is 9.36 Å². The summed E-state index contributed by atoms with van der Waals surface area (Å²) in [7, 11) is -4.87. The molecule has 0 amide bonds. The molecule has 0 heterocycles. The van der Waals surface area contributed by atoms with Crippen LogP contribution in [0.3, 0.4) is 0 Å². The first kappa shape index (κ1) is 20.1. The van der Waals surface area contributed by atoms with Gasteiger partial charge in [-0.15, -0.1) is 0 Å². The van der Waals surface area contributed by atoms with Gasteiger partial charge >= 0.3 is 7.60 Å². The van der Waals surface area contributed by atoms with E-state index in [2.05, 4.69) is 0 Å². The normalized spacial score (nSPS) is 11.2. The van der Waals surface area contributed by atoms with Crippen LogP contribution in [-0.2, 0) is 11.0 Å². The molecule has 140 valence electrons. The average Bonchev–Trinajstić information content (AvgIpc) is 2.61. The Bertz CT molecular complexity index is 796. The third-order valence-electron chi connectivity index (χ3n) is 3.55. The molecule has 0 aliphatic heterocycles. The Hall–Kier alpha value is -2.18. The summed E-state index contributed by atoms with van der Waals surface area (Å²) in [4.78, 5) is 30.0. The number of aliphatic hydroxyl groups excluding tert-OH is 1. The third-order valence-corrected chi connectivity index (χ3v) is 4.34. The molecule has 0 saturated heterocycles. The van der Waals surface area contributed by atoms with E-state index < -0.39 is 13.1 Å². The molecule has 0 radical (unpaired) electrons. The van der Waals surface area contributed by atoms with Crippen molar-refractivity contribution in [3.8, 4) is 11.5 Å². The molecule has 2 aromatic carbocycles. The number of hydrogen-bond acceptors (Lipinski definition) is 5. The van der Waals surface area contributed by atoms with Crippen LogP contribution in [-0.4, -0.2) is 40.2 Å². The van der Waals surface area contributed by atoms with Gasteiger partial charge in [0.2, 0.25) is 0 Å². The van der Waals surface area contributed by atoms with Crippen LogP contribution >= 0.6 is 7.60 Å². The van der Waals surface area contributed by atoms with Crippen molar-refractivity contribution in [2.75, 3.05) is 19.8 Å². The number of carbonyl (C=O) groups excluding carboxylic acids is 1. The van der Waals surface area contributed by atoms with E-state index >= 15 is 0 Å². The van der Waals surface area contributed by atoms with E-state index in [-0.39, 0.29) is 18.8 Å². The van der Waals surface area contributed by atoms with Crippen LogP contribution in [0.4, 0.5) is 0 Å². The maximum atomic E-state index is 11.9. The predicted molar refractivity (Wildman–Crippen MR) is 95.8 cm³/mol. The van der Waals surface area contributed by atoms with E-state index in [9.17, 15) is 9.36 Å². The lowest BCUT2D eigenvalue weighted by molar-refractivity contribution is 0.104. The summed E-state index contributed by atoms with van der Waals surface area (Å²) in [5.41, 5.74) is 0.166. The average molecular weight is 380 g/mol. The topological polar surface area (TPSA) is 113 Å². The van der Waals surface area contributed by atoms with Crippen molar-refractivity contribution >= 4 is 13.1 Å². The Kier molecular flexibility index (Phi) is 6.94. The first-order valence-corrected chi connectivity index (χ1v) is 9.65. The fraction of sp³-hybridized carbons (Fsp3) is 0.278. The zero-order valence-electron chi connectivity index (χ0n) is 14.3. The largest absolute Gasteiger partial charge is 0.494 e. The van der Waals surface area contributed by atoms with Crippen LogP contribution in [0.25, 0.3) is 0 Å². The second-order valence-electron chi connectivity index (χ2n) is 5.50. The SMILES string of the molecule is CCOc1ccc(Cc2cc(C(=O)P(=O)(O)O)ccc2OCCO)cc1. The zero-order chi connectivity index (χ0) is 19.2. The van der Waals surface area contributed by atoms with E-state index in [0.29, 0.717) is 24.3 Å². The van der Waals surface area contributed by atoms with E-state index in [4.69, 9.17) is 24.4 Å². The maximum Gasteiger partial charge on any atom is 0.396 e. The summed E-state index contributed by atoms with van der Waals surface area (Å²) in [6.45, 7) is 2.35. The molecule has 0 atom stereocenters. The lowest BCUT2D eigenvalue weighted by Gasteiger charge is -2.13. The summed E-state index contributed by atoms with van der Waals surface area (Å²) >= 11 is 0. The molecule has 7 nitrogen and oxygen atoms in total. The zero-order valence-corrected chi connectivity index (χ0v) is 15.2. The van der Waals surface area contributed by atoms with Crippen molar-refractivity contribution in [2.24, 2.45) is 0 Å². The van der Waals surface area contributed by atoms with E-state index in [1.807, 2.05) is 31.2 Å². The summed E-state index contributed by atoms with van der Waals surface area (Å²) in [5.74, 6) is 1.17. The molecular formula is C18H21O7P. The number of aliphatic hydroxyl groups is 1. The van der Waals surface area contributed by atoms with Gasteiger partial charge in [0.05, 0.1) is 13.2 Å². The van der Waals surface area contributed by atoms with Crippen molar-refractivity contribution in [2.45, 2.75) is 13.3 Å². The molecule has 3 N–H and O–H groups in total. The Labute approximate surface area is 151 Å². The first-order valence-electron chi connectivity index (χ1n) is 8.04. The monoisotopic (exact) mass is 380 g/mol. The Balaban J connectivity index is 2.32. The number of hydrogen-bond donors (Lipinski definition) is 3. The molecule has 0 bridgehead atoms. The molecule has 8 heteroatoms. The lowest BCUT2D eigenvalue weighted by Crippen LogP contribution is -2.06. The molecule has 0 spiro atoms. The van der Waals surface area contributed by atoms with Gasteiger partial charge in [0.15, 0.2) is 0 Å². The minimum absolute atomic E-state index is 0.0715. The smallest absolute Gasteiger partial charge is 0.396 e. The Morgan fingerprint density at radius 3 is 2.35 bits per heavy atom. The number of ether oxygens (including phenoxy) is 2. The minimum atomic E-state index is -4.87. The molecule has 26 heavy (non-hydrogen) atoms. The van der Waals surface area contributed by atoms with Crippen molar-refractivity contribution in [1.82, 2.24) is 0 Å². The maximum absolute atomic E-state index is 11.9. The molecule has 0 aliphatic rings. The highest BCUT2D eigenvalue weighted by atomic mass is 31.2. The summed E-state index contributed by atoms with van der Waals surface area (Å²) in [6, 6.07) is 11.5. The van der Waals surface area contributed by atoms with E-state index in [1.54, 1.807) is 0 Å². The van der Waals surface area contributed by atoms with Crippen molar-refractivity contribution < 1.29 is 33.7 Å². The summed E-state index contributed by atoms with van der Waals surface area (Å²) in [5, 5.41) is 8.94. The Morgan fingerprint density at radius 1 is 1.08 bits per heavy atom. The summed E-state index contributed by atoms with van der Waals surface area (Å²) in [6.07, 6.45) is 0.384. The standard InChI is InChI=1S/C18H21O7P/c1-2-24-16-6-3-13(4-7-16)11-15-12-14(18(20)26(21,22)23)5-8-17(15)25-10-9-19/h3-8,12,19H,2,9-11H2,1H3,(H2,21,22,23). The minimum Gasteiger partial charge on any atom is -0.494 e. The highest BCUT2D eigenvalue weighted by molar-refractivity contribution is 7.70. The van der Waals surface area contributed by atoms with Gasteiger partial charge in [0.1, 0.15) is 18.1 Å². The number of benzene rings is 2. The second kappa shape index (κ2) is 8.96. The van der Waals surface area contributed by atoms with Gasteiger partial charge in [-0.25, -0.2) is 0 Å². The van der Waals surface area contributed by atoms with Crippen LogP contribution < -0.4 is 9.47 Å². The molecule has 2 rings (SSSR count). The van der Waals surface area contributed by atoms with Crippen LogP contribution in [0.1, 0.15) is 28.4 Å². The molecular weight excluding hydrogens is 359 g/mol. The fourth-order valence-corrected chi connectivity index (χ4v) is 2.88. The lowest BCUT2D eigenvalue weighted by atomic mass is 10.0. The molecule has 0 aromatic heterocycles. The van der Waals surface area contributed by atoms with Crippen LogP contribution in [0, 0.1) is 0 Å². The highest BCUT2D eigenvalue weighted by Gasteiger charge is 2.28. The molecule has 0 fully saturated rings. The van der Waals surface area contributed by atoms with Gasteiger partial charge in [0.25, 0.3) is 5.52 Å². The van der Waals surface area contributed by atoms with Crippen LogP contribution in [0.5, 0.6) is 11.5 Å². The molecule has 0 saturated carbocycles. The molecule has 0 unspecified atom stereocenters. The quantitative estimate of drug-likeness (QED) is 0.572. The van der Waals surface area contributed by atoms with Gasteiger partial charge in [-0.05, 0) is 48.4 Å². The molecule has 2 aromatic rings. The predicted octanol–water partition coefficient (Wildman–Crippen LogP) is 2.37. The Morgan fingerprint density at radius 2 is 1.77 bits per heavy atom. The van der Waals surface area contributed by atoms with Crippen molar-refractivity contribution in [3.63, 3.8) is 0 Å². The van der Waals surface area contributed by atoms with E-state index in [0.717, 1.165) is 11.3 Å². The number of rotatable bonds is 9. The van der Waals surface area contributed by atoms with Gasteiger partial charge < -0.3 is 24.4 Å². The number of carbonyl (C=O) groups is 1. The van der Waals surface area contributed by atoms with Crippen LogP contribution in [0.2, 0.25) is 0 Å². The molecule has 0 aliphatic carbocycles. The van der Waals surface area contributed by atoms with Crippen LogP contribution in [0.15, 0.2) is 42.5 Å². The first-order chi connectivity index (χ1) is 12.3. The summed E-state index contributed by atoms with van der Waals surface area (Å²) < 4.78 is 22.1. The van der Waals surface area contributed by atoms with Crippen molar-refractivity contribution in [3.05, 3.63) is 59.2 Å². The van der Waals surface area contributed by atoms with E-state index in [1.165, 1.54) is 18.2 Å². The fourth-order valence-electron chi connectivity index (χ4n) is 2.41. The third kappa shape index (κ3) is 5.41. The van der Waals surface area contributed by atoms with Gasteiger partial charge in [0, 0.05) is 12.0 Å². The second-order valence-corrected chi connectivity index (χ2v) is 6.99. The van der Waals surface area contributed by atoms with Crippen molar-refractivity contribution in [1.29, 1.82) is 0 Å². The highest BCUT2D eigenvalue weighted by Crippen LogP contribution is 2.40. The van der Waals surface area contributed by atoms with Gasteiger partial charge in [-0.1, -0.05) is 12.1 Å². The van der Waals surface area contributed by atoms with Gasteiger partial charge in [-0.2, -0.15) is 0 Å².